The zero-order valence-electron chi connectivity index (χ0n) is 10.5. The molecule has 0 saturated heterocycles. The number of benzene rings is 1. The van der Waals surface area contributed by atoms with Crippen LogP contribution in [0.25, 0.3) is 0 Å². The predicted molar refractivity (Wildman–Crippen MR) is 65.4 cm³/mol. The lowest BCUT2D eigenvalue weighted by Gasteiger charge is -2.15. The molecule has 1 aromatic carbocycles. The molecule has 0 amide bonds. The SMILES string of the molecule is CCC(O)COc1ccc(C(C)O)cc1OC. The lowest BCUT2D eigenvalue weighted by Crippen LogP contribution is -2.16. The Hall–Kier alpha value is -1.26. The third-order valence-electron chi connectivity index (χ3n) is 2.57. The Labute approximate surface area is 102 Å². The second-order valence-corrected chi connectivity index (χ2v) is 3.96. The molecule has 2 atom stereocenters. The summed E-state index contributed by atoms with van der Waals surface area (Å²) in [6.45, 7) is 3.82. The third kappa shape index (κ3) is 3.91. The van der Waals surface area contributed by atoms with Crippen LogP contribution in [-0.4, -0.2) is 30.0 Å². The number of hydrogen-bond donors (Lipinski definition) is 2. The lowest BCUT2D eigenvalue weighted by atomic mass is 10.1. The van der Waals surface area contributed by atoms with Gasteiger partial charge in [0.15, 0.2) is 11.5 Å². The van der Waals surface area contributed by atoms with E-state index >= 15 is 0 Å². The fourth-order valence-electron chi connectivity index (χ4n) is 1.37. The molecule has 1 aromatic rings. The number of hydrogen-bond acceptors (Lipinski definition) is 4. The molecular weight excluding hydrogens is 220 g/mol. The van der Waals surface area contributed by atoms with Crippen LogP contribution < -0.4 is 9.47 Å². The van der Waals surface area contributed by atoms with Gasteiger partial charge in [0.25, 0.3) is 0 Å². The van der Waals surface area contributed by atoms with E-state index in [4.69, 9.17) is 9.47 Å². The first-order valence-corrected chi connectivity index (χ1v) is 5.75. The van der Waals surface area contributed by atoms with Crippen molar-refractivity contribution in [2.24, 2.45) is 0 Å². The average molecular weight is 240 g/mol. The highest BCUT2D eigenvalue weighted by atomic mass is 16.5. The second-order valence-electron chi connectivity index (χ2n) is 3.96. The molecule has 0 bridgehead atoms. The highest BCUT2D eigenvalue weighted by molar-refractivity contribution is 5.43. The van der Waals surface area contributed by atoms with Gasteiger partial charge in [0.2, 0.25) is 0 Å². The van der Waals surface area contributed by atoms with E-state index in [1.165, 1.54) is 0 Å². The Balaban J connectivity index is 2.78. The average Bonchev–Trinajstić information content (AvgIpc) is 2.35. The normalized spacial score (nSPS) is 14.2. The van der Waals surface area contributed by atoms with E-state index in [0.717, 1.165) is 5.56 Å². The molecule has 4 heteroatoms. The van der Waals surface area contributed by atoms with E-state index in [1.807, 2.05) is 6.92 Å². The van der Waals surface area contributed by atoms with Crippen LogP contribution in [0.4, 0.5) is 0 Å². The smallest absolute Gasteiger partial charge is 0.161 e. The Kier molecular flexibility index (Phi) is 5.25. The van der Waals surface area contributed by atoms with Crippen molar-refractivity contribution in [3.63, 3.8) is 0 Å². The van der Waals surface area contributed by atoms with Crippen LogP contribution in [0.2, 0.25) is 0 Å². The van der Waals surface area contributed by atoms with Gasteiger partial charge in [-0.3, -0.25) is 0 Å². The van der Waals surface area contributed by atoms with Gasteiger partial charge in [-0.05, 0) is 31.0 Å². The van der Waals surface area contributed by atoms with Crippen molar-refractivity contribution in [3.8, 4) is 11.5 Å². The zero-order chi connectivity index (χ0) is 12.8. The Morgan fingerprint density at radius 1 is 1.24 bits per heavy atom. The Morgan fingerprint density at radius 3 is 2.47 bits per heavy atom. The quantitative estimate of drug-likeness (QED) is 0.797. The van der Waals surface area contributed by atoms with Crippen molar-refractivity contribution in [1.29, 1.82) is 0 Å². The molecule has 0 radical (unpaired) electrons. The predicted octanol–water partition coefficient (Wildman–Crippen LogP) is 1.90. The van der Waals surface area contributed by atoms with Crippen molar-refractivity contribution < 1.29 is 19.7 Å². The first-order valence-electron chi connectivity index (χ1n) is 5.75. The fraction of sp³-hybridized carbons (Fsp3) is 0.538. The summed E-state index contributed by atoms with van der Waals surface area (Å²) in [6, 6.07) is 5.25. The van der Waals surface area contributed by atoms with Gasteiger partial charge in [0.1, 0.15) is 6.61 Å². The van der Waals surface area contributed by atoms with Crippen molar-refractivity contribution in [2.45, 2.75) is 32.5 Å². The van der Waals surface area contributed by atoms with Crippen LogP contribution >= 0.6 is 0 Å². The van der Waals surface area contributed by atoms with Crippen LogP contribution in [0, 0.1) is 0 Å². The molecule has 0 aromatic heterocycles. The van der Waals surface area contributed by atoms with Gasteiger partial charge in [0.05, 0.1) is 19.3 Å². The highest BCUT2D eigenvalue weighted by Crippen LogP contribution is 2.30. The zero-order valence-corrected chi connectivity index (χ0v) is 10.5. The van der Waals surface area contributed by atoms with Crippen molar-refractivity contribution in [2.75, 3.05) is 13.7 Å². The van der Waals surface area contributed by atoms with E-state index in [9.17, 15) is 10.2 Å². The molecule has 2 N–H and O–H groups in total. The van der Waals surface area contributed by atoms with Crippen LogP contribution in [0.5, 0.6) is 11.5 Å². The third-order valence-corrected chi connectivity index (χ3v) is 2.57. The minimum atomic E-state index is -0.542. The van der Waals surface area contributed by atoms with E-state index in [2.05, 4.69) is 0 Å². The van der Waals surface area contributed by atoms with Gasteiger partial charge in [-0.1, -0.05) is 13.0 Å². The van der Waals surface area contributed by atoms with Gasteiger partial charge < -0.3 is 19.7 Å². The van der Waals surface area contributed by atoms with E-state index in [-0.39, 0.29) is 6.61 Å². The summed E-state index contributed by atoms with van der Waals surface area (Å²) in [4.78, 5) is 0. The van der Waals surface area contributed by atoms with Crippen LogP contribution in [0.1, 0.15) is 31.9 Å². The summed E-state index contributed by atoms with van der Waals surface area (Å²) in [7, 11) is 1.55. The molecule has 0 aliphatic heterocycles. The molecule has 0 heterocycles. The second kappa shape index (κ2) is 6.47. The standard InChI is InChI=1S/C13H20O4/c1-4-11(15)8-17-12-6-5-10(9(2)14)7-13(12)16-3/h5-7,9,11,14-15H,4,8H2,1-3H3. The fourth-order valence-corrected chi connectivity index (χ4v) is 1.37. The largest absolute Gasteiger partial charge is 0.493 e. The van der Waals surface area contributed by atoms with Gasteiger partial charge >= 0.3 is 0 Å². The minimum absolute atomic E-state index is 0.237. The first-order chi connectivity index (χ1) is 8.08. The molecule has 0 saturated carbocycles. The molecule has 0 fully saturated rings. The van der Waals surface area contributed by atoms with Crippen molar-refractivity contribution in [3.05, 3.63) is 23.8 Å². The number of aliphatic hydroxyl groups is 2. The molecule has 0 spiro atoms. The van der Waals surface area contributed by atoms with Crippen LogP contribution in [0.15, 0.2) is 18.2 Å². The van der Waals surface area contributed by atoms with Gasteiger partial charge in [-0.15, -0.1) is 0 Å². The van der Waals surface area contributed by atoms with E-state index in [1.54, 1.807) is 32.2 Å². The van der Waals surface area contributed by atoms with Crippen molar-refractivity contribution in [1.82, 2.24) is 0 Å². The molecule has 0 aliphatic rings. The van der Waals surface area contributed by atoms with Gasteiger partial charge in [-0.2, -0.15) is 0 Å². The minimum Gasteiger partial charge on any atom is -0.493 e. The molecule has 4 nitrogen and oxygen atoms in total. The summed E-state index contributed by atoms with van der Waals surface area (Å²) in [5.74, 6) is 1.14. The molecule has 96 valence electrons. The number of methoxy groups -OCH3 is 1. The molecular formula is C13H20O4. The molecule has 1 rings (SSSR count). The molecule has 2 unspecified atom stereocenters. The summed E-state index contributed by atoms with van der Waals surface area (Å²) >= 11 is 0. The maximum Gasteiger partial charge on any atom is 0.161 e. The lowest BCUT2D eigenvalue weighted by molar-refractivity contribution is 0.102. The van der Waals surface area contributed by atoms with E-state index in [0.29, 0.717) is 17.9 Å². The topological polar surface area (TPSA) is 58.9 Å². The van der Waals surface area contributed by atoms with Gasteiger partial charge in [0, 0.05) is 0 Å². The molecule has 17 heavy (non-hydrogen) atoms. The Morgan fingerprint density at radius 2 is 1.94 bits per heavy atom. The summed E-state index contributed by atoms with van der Waals surface area (Å²) < 4.78 is 10.6. The van der Waals surface area contributed by atoms with Crippen molar-refractivity contribution >= 4 is 0 Å². The summed E-state index contributed by atoms with van der Waals surface area (Å²) in [5, 5.41) is 18.9. The van der Waals surface area contributed by atoms with Crippen LogP contribution in [-0.2, 0) is 0 Å². The maximum absolute atomic E-state index is 9.45. The van der Waals surface area contributed by atoms with Gasteiger partial charge in [-0.25, -0.2) is 0 Å². The number of rotatable bonds is 6. The van der Waals surface area contributed by atoms with Crippen LogP contribution in [0.3, 0.4) is 0 Å². The first kappa shape index (κ1) is 13.8. The molecule has 0 aliphatic carbocycles. The van der Waals surface area contributed by atoms with E-state index < -0.39 is 12.2 Å². The monoisotopic (exact) mass is 240 g/mol. The number of ether oxygens (including phenoxy) is 2. The maximum atomic E-state index is 9.45. The summed E-state index contributed by atoms with van der Waals surface area (Å²) in [5.41, 5.74) is 0.769. The highest BCUT2D eigenvalue weighted by Gasteiger charge is 2.10. The summed E-state index contributed by atoms with van der Waals surface area (Å²) in [6.07, 6.45) is -0.371. The number of aliphatic hydroxyl groups excluding tert-OH is 2. The Bertz CT molecular complexity index is 349.